The fourth-order valence-electron chi connectivity index (χ4n) is 5.99. The number of hydrogen-bond acceptors (Lipinski definition) is 9. The third kappa shape index (κ3) is 9.08. The van der Waals surface area contributed by atoms with Gasteiger partial charge in [-0.1, -0.05) is 30.3 Å². The summed E-state index contributed by atoms with van der Waals surface area (Å²) in [7, 11) is 0. The summed E-state index contributed by atoms with van der Waals surface area (Å²) in [6.45, 7) is 5.76. The van der Waals surface area contributed by atoms with Gasteiger partial charge >= 0.3 is 12.3 Å². The van der Waals surface area contributed by atoms with E-state index in [1.165, 1.54) is 18.2 Å². The van der Waals surface area contributed by atoms with Gasteiger partial charge < -0.3 is 15.8 Å². The van der Waals surface area contributed by atoms with Gasteiger partial charge in [-0.3, -0.25) is 14.6 Å². The van der Waals surface area contributed by atoms with Gasteiger partial charge in [-0.25, -0.2) is 14.8 Å². The Labute approximate surface area is 287 Å². The lowest BCUT2D eigenvalue weighted by Crippen LogP contribution is -2.50. The Balaban J connectivity index is 1.33. The fraction of sp³-hybridized carbons (Fsp3) is 0.400. The maximum Gasteiger partial charge on any atom is 0.433 e. The van der Waals surface area contributed by atoms with Crippen molar-refractivity contribution in [3.63, 3.8) is 0 Å². The summed E-state index contributed by atoms with van der Waals surface area (Å²) in [4.78, 5) is 45.0. The summed E-state index contributed by atoms with van der Waals surface area (Å²) >= 11 is 0. The minimum atomic E-state index is -4.66. The lowest BCUT2D eigenvalue weighted by atomic mass is 9.81. The molecular formula is C35H39F3N8O4. The maximum atomic E-state index is 14.1. The van der Waals surface area contributed by atoms with E-state index in [0.717, 1.165) is 11.1 Å². The monoisotopic (exact) mass is 692 g/mol. The Kier molecular flexibility index (Phi) is 10.9. The molecule has 1 saturated carbocycles. The number of nitrogens with zero attached hydrogens (tertiary/aromatic N) is 5. The van der Waals surface area contributed by atoms with Crippen molar-refractivity contribution in [1.29, 1.82) is 0 Å². The molecule has 3 amide bonds. The van der Waals surface area contributed by atoms with Crippen LogP contribution in [0.15, 0.2) is 66.9 Å². The molecule has 4 N–H and O–H groups in total. The molecule has 1 aliphatic carbocycles. The predicted octanol–water partition coefficient (Wildman–Crippen LogP) is 5.71. The lowest BCUT2D eigenvalue weighted by molar-refractivity contribution is -0.140. The van der Waals surface area contributed by atoms with Crippen LogP contribution in [0.5, 0.6) is 0 Å². The highest BCUT2D eigenvalue weighted by Crippen LogP contribution is 2.36. The van der Waals surface area contributed by atoms with Gasteiger partial charge in [-0.05, 0) is 111 Å². The highest BCUT2D eigenvalue weighted by atomic mass is 19.4. The van der Waals surface area contributed by atoms with E-state index in [2.05, 4.69) is 30.9 Å². The molecule has 1 aliphatic rings. The van der Waals surface area contributed by atoms with Crippen molar-refractivity contribution in [3.05, 3.63) is 78.1 Å². The summed E-state index contributed by atoms with van der Waals surface area (Å²) in [6.07, 6.45) is -1.83. The number of aromatic nitrogens is 5. The average Bonchev–Trinajstić information content (AvgIpc) is 3.62. The Morgan fingerprint density at radius 3 is 2.36 bits per heavy atom. The number of aromatic amines is 1. The van der Waals surface area contributed by atoms with Crippen LogP contribution in [0.4, 0.5) is 23.7 Å². The molecular weight excluding hydrogens is 653 g/mol. The first-order valence-electron chi connectivity index (χ1n) is 16.3. The highest BCUT2D eigenvalue weighted by Gasteiger charge is 2.37. The van der Waals surface area contributed by atoms with Crippen molar-refractivity contribution in [1.82, 2.24) is 30.9 Å². The number of alkyl carbamates (subject to hydrolysis) is 1. The number of nitrogens with one attached hydrogen (secondary N) is 2. The number of tetrazole rings is 1. The van der Waals surface area contributed by atoms with Crippen LogP contribution in [0.3, 0.4) is 0 Å². The maximum absolute atomic E-state index is 14.1. The molecule has 15 heteroatoms. The first kappa shape index (κ1) is 36.1. The second-order valence-corrected chi connectivity index (χ2v) is 13.3. The molecule has 4 aromatic rings. The Bertz CT molecular complexity index is 1780. The van der Waals surface area contributed by atoms with Gasteiger partial charge in [0.05, 0.1) is 11.7 Å². The van der Waals surface area contributed by atoms with Crippen LogP contribution in [0.1, 0.15) is 57.7 Å². The topological polar surface area (TPSA) is 169 Å². The number of carbonyl (C=O) groups is 3. The van der Waals surface area contributed by atoms with E-state index in [-0.39, 0.29) is 23.5 Å². The zero-order chi connectivity index (χ0) is 36.1. The molecule has 0 saturated heterocycles. The molecule has 2 aromatic heterocycles. The Morgan fingerprint density at radius 2 is 1.72 bits per heavy atom. The minimum absolute atomic E-state index is 0.0387. The van der Waals surface area contributed by atoms with Crippen molar-refractivity contribution in [2.75, 3.05) is 11.4 Å². The molecule has 264 valence electrons. The molecule has 50 heavy (non-hydrogen) atoms. The second kappa shape index (κ2) is 15.2. The van der Waals surface area contributed by atoms with Gasteiger partial charge in [-0.2, -0.15) is 13.2 Å². The SMILES string of the molecule is CC(C)(C)OC(=O)NC[C@H]1CC[C@H](C(=O)N(C(=O)[C@@H](N)Cc2cccc(-c3cccnc3C(F)(F)F)c2)c2ccc(-c3nnn[nH]3)cc2)CC1. The molecule has 2 aromatic carbocycles. The van der Waals surface area contributed by atoms with E-state index in [1.54, 1.807) is 63.2 Å². The van der Waals surface area contributed by atoms with Crippen molar-refractivity contribution in [2.24, 2.45) is 17.6 Å². The van der Waals surface area contributed by atoms with Crippen molar-refractivity contribution in [3.8, 4) is 22.5 Å². The molecule has 0 radical (unpaired) electrons. The fourth-order valence-corrected chi connectivity index (χ4v) is 5.99. The number of anilines is 1. The summed E-state index contributed by atoms with van der Waals surface area (Å²) in [5, 5.41) is 16.5. The number of hydrogen-bond donors (Lipinski definition) is 3. The number of ether oxygens (including phenoxy) is 1. The molecule has 1 atom stereocenters. The van der Waals surface area contributed by atoms with Gasteiger partial charge in [0.1, 0.15) is 5.60 Å². The molecule has 2 heterocycles. The Morgan fingerprint density at radius 1 is 1.00 bits per heavy atom. The van der Waals surface area contributed by atoms with Crippen molar-refractivity contribution < 1.29 is 32.3 Å². The van der Waals surface area contributed by atoms with Gasteiger partial charge in [0, 0.05) is 29.8 Å². The number of benzene rings is 2. The molecule has 1 fully saturated rings. The quantitative estimate of drug-likeness (QED) is 0.199. The number of imide groups is 1. The zero-order valence-electron chi connectivity index (χ0n) is 27.9. The van der Waals surface area contributed by atoms with Gasteiger partial charge in [0.15, 0.2) is 11.5 Å². The summed E-state index contributed by atoms with van der Waals surface area (Å²) in [6, 6.07) is 14.4. The predicted molar refractivity (Wildman–Crippen MR) is 178 cm³/mol. The van der Waals surface area contributed by atoms with Crippen LogP contribution in [-0.4, -0.2) is 61.7 Å². The van der Waals surface area contributed by atoms with E-state index >= 15 is 0 Å². The number of rotatable bonds is 9. The molecule has 5 rings (SSSR count). The standard InChI is InChI=1S/C35H39F3N8O4/c1-34(2,3)50-33(49)41-20-21-9-11-24(12-10-21)31(47)46(26-15-13-23(14-16-26)30-42-44-45-43-30)32(48)28(39)19-22-6-4-7-25(18-22)27-8-5-17-40-29(27)35(36,37)38/h4-8,13-18,21,24,28H,9-12,19-20,39H2,1-3H3,(H,41,49)(H,42,43,44,45)/t21-,24-,28-/m0/s1. The van der Waals surface area contributed by atoms with E-state index in [1.807, 2.05) is 0 Å². The third-order valence-electron chi connectivity index (χ3n) is 8.40. The van der Waals surface area contributed by atoms with Crippen molar-refractivity contribution in [2.45, 2.75) is 70.7 Å². The number of amides is 3. The van der Waals surface area contributed by atoms with Gasteiger partial charge in [0.2, 0.25) is 5.91 Å². The van der Waals surface area contributed by atoms with E-state index in [0.29, 0.717) is 54.9 Å². The summed E-state index contributed by atoms with van der Waals surface area (Å²) < 4.78 is 46.4. The van der Waals surface area contributed by atoms with E-state index in [9.17, 15) is 27.6 Å². The van der Waals surface area contributed by atoms with Crippen LogP contribution >= 0.6 is 0 Å². The first-order chi connectivity index (χ1) is 23.7. The average molecular weight is 693 g/mol. The van der Waals surface area contributed by atoms with Crippen LogP contribution in [0.2, 0.25) is 0 Å². The molecule has 0 aliphatic heterocycles. The van der Waals surface area contributed by atoms with Crippen molar-refractivity contribution >= 4 is 23.6 Å². The minimum Gasteiger partial charge on any atom is -0.444 e. The molecule has 0 unspecified atom stereocenters. The third-order valence-corrected chi connectivity index (χ3v) is 8.40. The van der Waals surface area contributed by atoms with Crippen LogP contribution in [0, 0.1) is 11.8 Å². The number of nitrogens with two attached hydrogens (primary N) is 1. The molecule has 0 bridgehead atoms. The van der Waals surface area contributed by atoms with Crippen LogP contribution < -0.4 is 16.0 Å². The summed E-state index contributed by atoms with van der Waals surface area (Å²) in [5.74, 6) is -0.995. The van der Waals surface area contributed by atoms with Gasteiger partial charge in [-0.15, -0.1) is 5.10 Å². The number of halogens is 3. The number of pyridine rings is 1. The van der Waals surface area contributed by atoms with Crippen LogP contribution in [0.25, 0.3) is 22.5 Å². The van der Waals surface area contributed by atoms with E-state index < -0.39 is 47.3 Å². The Hall–Kier alpha value is -5.18. The number of carbonyl (C=O) groups excluding carboxylic acids is 3. The second-order valence-electron chi connectivity index (χ2n) is 13.3. The number of H-pyrrole nitrogens is 1. The van der Waals surface area contributed by atoms with Crippen LogP contribution in [-0.2, 0) is 26.9 Å². The van der Waals surface area contributed by atoms with E-state index in [4.69, 9.17) is 10.5 Å². The highest BCUT2D eigenvalue weighted by molar-refractivity contribution is 6.17. The molecule has 0 spiro atoms. The first-order valence-corrected chi connectivity index (χ1v) is 16.3. The largest absolute Gasteiger partial charge is 0.444 e. The summed E-state index contributed by atoms with van der Waals surface area (Å²) in [5.41, 5.74) is 6.45. The number of alkyl halides is 3. The normalized spacial score (nSPS) is 17.1. The lowest BCUT2D eigenvalue weighted by Gasteiger charge is -2.32. The van der Waals surface area contributed by atoms with Gasteiger partial charge in [0.25, 0.3) is 5.91 Å². The smallest absolute Gasteiger partial charge is 0.433 e. The zero-order valence-corrected chi connectivity index (χ0v) is 27.9. The molecule has 12 nitrogen and oxygen atoms in total.